The summed E-state index contributed by atoms with van der Waals surface area (Å²) in [6.45, 7) is 1.08. The number of hydrogen-bond donors (Lipinski definition) is 1. The number of pyridine rings is 1. The van der Waals surface area contributed by atoms with Gasteiger partial charge in [-0.05, 0) is 28.4 Å². The summed E-state index contributed by atoms with van der Waals surface area (Å²) in [5.41, 5.74) is -0.769. The van der Waals surface area contributed by atoms with E-state index >= 15 is 0 Å². The van der Waals surface area contributed by atoms with Crippen molar-refractivity contribution < 1.29 is 13.2 Å². The molecule has 0 radical (unpaired) electrons. The molecule has 0 unspecified atom stereocenters. The molecule has 2 rings (SSSR count). The lowest BCUT2D eigenvalue weighted by Crippen LogP contribution is -2.14. The summed E-state index contributed by atoms with van der Waals surface area (Å²) in [6.07, 6.45) is 2.71. The van der Waals surface area contributed by atoms with Gasteiger partial charge in [0, 0.05) is 36.2 Å². The molecule has 0 aliphatic carbocycles. The zero-order valence-corrected chi connectivity index (χ0v) is 11.9. The van der Waals surface area contributed by atoms with Gasteiger partial charge in [-0.3, -0.25) is 0 Å². The van der Waals surface area contributed by atoms with Crippen LogP contribution >= 0.6 is 15.9 Å². The van der Waals surface area contributed by atoms with Gasteiger partial charge in [0.2, 0.25) is 0 Å². The molecule has 0 spiro atoms. The first-order chi connectivity index (χ1) is 9.47. The van der Waals surface area contributed by atoms with Gasteiger partial charge in [-0.2, -0.15) is 13.2 Å². The van der Waals surface area contributed by atoms with Gasteiger partial charge in [0.05, 0.1) is 11.9 Å². The molecule has 0 amide bonds. The predicted molar refractivity (Wildman–Crippen MR) is 72.3 cm³/mol. The number of aromatic nitrogens is 3. The van der Waals surface area contributed by atoms with Gasteiger partial charge in [-0.25, -0.2) is 9.97 Å². The quantitative estimate of drug-likeness (QED) is 0.840. The molecule has 4 nitrogen and oxygen atoms in total. The Morgan fingerprint density at radius 3 is 2.80 bits per heavy atom. The van der Waals surface area contributed by atoms with Crippen LogP contribution in [0.2, 0.25) is 0 Å². The second-order valence-corrected chi connectivity index (χ2v) is 5.04. The van der Waals surface area contributed by atoms with Gasteiger partial charge >= 0.3 is 6.18 Å². The Hall–Kier alpha value is -1.57. The smallest absolute Gasteiger partial charge is 0.370 e. The maximum Gasteiger partial charge on any atom is 0.419 e. The normalized spacial score (nSPS) is 11.6. The van der Waals surface area contributed by atoms with Crippen molar-refractivity contribution in [2.45, 2.75) is 19.1 Å². The number of anilines is 1. The summed E-state index contributed by atoms with van der Waals surface area (Å²) >= 11 is 3.00. The number of rotatable bonds is 5. The fourth-order valence-corrected chi connectivity index (χ4v) is 2.01. The average Bonchev–Trinajstić information content (AvgIpc) is 2.88. The van der Waals surface area contributed by atoms with Crippen molar-refractivity contribution in [1.29, 1.82) is 0 Å². The van der Waals surface area contributed by atoms with Crippen LogP contribution < -0.4 is 5.32 Å². The lowest BCUT2D eigenvalue weighted by Gasteiger charge is -2.13. The molecule has 0 bridgehead atoms. The van der Waals surface area contributed by atoms with Gasteiger partial charge in [-0.1, -0.05) is 0 Å². The Labute approximate surface area is 122 Å². The van der Waals surface area contributed by atoms with Crippen molar-refractivity contribution in [3.8, 4) is 0 Å². The SMILES string of the molecule is FC(F)(F)c1cc(Br)cnc1NCCCn1ccnc1. The molecular weight excluding hydrogens is 337 g/mol. The number of hydrogen-bond acceptors (Lipinski definition) is 3. The van der Waals surface area contributed by atoms with Crippen molar-refractivity contribution in [3.63, 3.8) is 0 Å². The first-order valence-corrected chi connectivity index (χ1v) is 6.68. The second-order valence-electron chi connectivity index (χ2n) is 4.13. The minimum absolute atomic E-state index is 0.147. The molecule has 108 valence electrons. The van der Waals surface area contributed by atoms with Crippen LogP contribution in [0.15, 0.2) is 35.5 Å². The predicted octanol–water partition coefficient (Wildman–Crippen LogP) is 3.56. The molecule has 0 aromatic carbocycles. The Morgan fingerprint density at radius 1 is 1.35 bits per heavy atom. The Kier molecular flexibility index (Phi) is 4.64. The van der Waals surface area contributed by atoms with Crippen molar-refractivity contribution in [1.82, 2.24) is 14.5 Å². The summed E-state index contributed by atoms with van der Waals surface area (Å²) in [5.74, 6) is -0.147. The van der Waals surface area contributed by atoms with Crippen molar-refractivity contribution in [2.75, 3.05) is 11.9 Å². The molecule has 8 heteroatoms. The number of alkyl halides is 3. The highest BCUT2D eigenvalue weighted by atomic mass is 79.9. The van der Waals surface area contributed by atoms with Gasteiger partial charge in [0.1, 0.15) is 5.82 Å². The van der Waals surface area contributed by atoms with E-state index in [4.69, 9.17) is 0 Å². The van der Waals surface area contributed by atoms with Gasteiger partial charge in [0.15, 0.2) is 0 Å². The van der Waals surface area contributed by atoms with Gasteiger partial charge in [0.25, 0.3) is 0 Å². The number of nitrogens with zero attached hydrogens (tertiary/aromatic N) is 3. The third-order valence-electron chi connectivity index (χ3n) is 2.60. The van der Waals surface area contributed by atoms with Crippen LogP contribution in [-0.2, 0) is 12.7 Å². The molecule has 0 atom stereocenters. The number of aryl methyl sites for hydroxylation is 1. The summed E-state index contributed by atoms with van der Waals surface area (Å²) in [5, 5.41) is 2.72. The fraction of sp³-hybridized carbons (Fsp3) is 0.333. The average molecular weight is 349 g/mol. The highest BCUT2D eigenvalue weighted by Gasteiger charge is 2.34. The molecule has 2 aromatic rings. The molecule has 2 aromatic heterocycles. The molecule has 20 heavy (non-hydrogen) atoms. The van der Waals surface area contributed by atoms with Crippen molar-refractivity contribution in [3.05, 3.63) is 41.0 Å². The lowest BCUT2D eigenvalue weighted by molar-refractivity contribution is -0.137. The minimum Gasteiger partial charge on any atom is -0.370 e. The Balaban J connectivity index is 1.95. The summed E-state index contributed by atoms with van der Waals surface area (Å²) in [7, 11) is 0. The number of nitrogens with one attached hydrogen (secondary N) is 1. The number of imidazole rings is 1. The topological polar surface area (TPSA) is 42.7 Å². The van der Waals surface area contributed by atoms with Crippen molar-refractivity contribution >= 4 is 21.7 Å². The Bertz CT molecular complexity index is 554. The van der Waals surface area contributed by atoms with Crippen LogP contribution in [0.4, 0.5) is 19.0 Å². The first kappa shape index (κ1) is 14.8. The summed E-state index contributed by atoms with van der Waals surface area (Å²) < 4.78 is 40.7. The summed E-state index contributed by atoms with van der Waals surface area (Å²) in [4.78, 5) is 7.67. The van der Waals surface area contributed by atoms with Crippen LogP contribution in [-0.4, -0.2) is 21.1 Å². The van der Waals surface area contributed by atoms with E-state index in [0.717, 1.165) is 6.07 Å². The maximum absolute atomic E-state index is 12.8. The van der Waals surface area contributed by atoms with Crippen LogP contribution in [0.3, 0.4) is 0 Å². The molecule has 0 saturated carbocycles. The largest absolute Gasteiger partial charge is 0.419 e. The standard InChI is InChI=1S/C12H12BrF3N4/c13-9-6-10(12(14,15)16)11(19-7-9)18-2-1-4-20-5-3-17-8-20/h3,5-8H,1-2,4H2,(H,18,19). The first-order valence-electron chi connectivity index (χ1n) is 5.89. The van der Waals surface area contributed by atoms with E-state index in [9.17, 15) is 13.2 Å². The lowest BCUT2D eigenvalue weighted by atomic mass is 10.2. The van der Waals surface area contributed by atoms with Crippen LogP contribution in [0.5, 0.6) is 0 Å². The van der Waals surface area contributed by atoms with Crippen LogP contribution in [0.1, 0.15) is 12.0 Å². The van der Waals surface area contributed by atoms with Crippen LogP contribution in [0.25, 0.3) is 0 Å². The van der Waals surface area contributed by atoms with E-state index in [1.165, 1.54) is 6.20 Å². The highest BCUT2D eigenvalue weighted by Crippen LogP contribution is 2.35. The number of halogens is 4. The van der Waals surface area contributed by atoms with E-state index in [1.54, 1.807) is 18.7 Å². The molecule has 0 fully saturated rings. The van der Waals surface area contributed by atoms with Crippen molar-refractivity contribution in [2.24, 2.45) is 0 Å². The van der Waals surface area contributed by atoms with E-state index in [-0.39, 0.29) is 5.82 Å². The van der Waals surface area contributed by atoms with E-state index in [2.05, 4.69) is 31.2 Å². The molecule has 1 N–H and O–H groups in total. The zero-order chi connectivity index (χ0) is 14.6. The minimum atomic E-state index is -4.43. The zero-order valence-electron chi connectivity index (χ0n) is 10.4. The third-order valence-corrected chi connectivity index (χ3v) is 3.04. The maximum atomic E-state index is 12.8. The fourth-order valence-electron chi connectivity index (χ4n) is 1.68. The van der Waals surface area contributed by atoms with E-state index in [0.29, 0.717) is 24.0 Å². The van der Waals surface area contributed by atoms with Gasteiger partial charge in [-0.15, -0.1) is 0 Å². The molecule has 0 saturated heterocycles. The van der Waals surface area contributed by atoms with E-state index in [1.807, 2.05) is 4.57 Å². The molecule has 0 aliphatic rings. The Morgan fingerprint density at radius 2 is 2.15 bits per heavy atom. The van der Waals surface area contributed by atoms with Crippen LogP contribution in [0, 0.1) is 0 Å². The highest BCUT2D eigenvalue weighted by molar-refractivity contribution is 9.10. The second kappa shape index (κ2) is 6.25. The van der Waals surface area contributed by atoms with Gasteiger partial charge < -0.3 is 9.88 Å². The molecule has 2 heterocycles. The molecular formula is C12H12BrF3N4. The van der Waals surface area contributed by atoms with E-state index < -0.39 is 11.7 Å². The summed E-state index contributed by atoms with van der Waals surface area (Å²) in [6, 6.07) is 1.02. The monoisotopic (exact) mass is 348 g/mol. The molecule has 0 aliphatic heterocycles. The third kappa shape index (κ3) is 3.96.